The molecule has 0 N–H and O–H groups in total. The average Bonchev–Trinajstić information content (AvgIpc) is 2.46. The smallest absolute Gasteiger partial charge is 0.129 e. The van der Waals surface area contributed by atoms with Crippen LogP contribution in [0.5, 0.6) is 0 Å². The molecule has 0 heterocycles. The minimum Gasteiger partial charge on any atom is -0.300 e. The first-order valence-corrected chi connectivity index (χ1v) is 7.06. The maximum absolute atomic E-state index is 13.1. The molecule has 1 nitrogen and oxygen atoms in total. The third-order valence-corrected chi connectivity index (χ3v) is 3.57. The quantitative estimate of drug-likeness (QED) is 0.742. The van der Waals surface area contributed by atoms with Crippen molar-refractivity contribution in [1.29, 1.82) is 0 Å². The van der Waals surface area contributed by atoms with Gasteiger partial charge in [-0.3, -0.25) is 0 Å². The van der Waals surface area contributed by atoms with E-state index in [2.05, 4.69) is 0 Å². The normalized spacial score (nSPS) is 10.9. The molecule has 0 aliphatic carbocycles. The number of ketones is 1. The van der Waals surface area contributed by atoms with E-state index in [1.165, 1.54) is 24.3 Å². The van der Waals surface area contributed by atoms with Crippen molar-refractivity contribution in [1.82, 2.24) is 0 Å². The molecule has 0 aromatic heterocycles. The van der Waals surface area contributed by atoms with Crippen LogP contribution in [0.4, 0.5) is 8.78 Å². The zero-order valence-electron chi connectivity index (χ0n) is 12.0. The number of Topliss-reactive ketones (excluding diaryl/α,β-unsaturated/α-hetero) is 1. The first-order chi connectivity index (χ1) is 10.1. The molecule has 0 saturated heterocycles. The van der Waals surface area contributed by atoms with Crippen molar-refractivity contribution in [2.45, 2.75) is 32.1 Å². The SMILES string of the molecule is CC(=O)CCCC(c1ccc(F)cc1)c1ccc(F)cc1. The molecule has 0 radical (unpaired) electrons. The Morgan fingerprint density at radius 2 is 1.33 bits per heavy atom. The lowest BCUT2D eigenvalue weighted by Crippen LogP contribution is -2.03. The third kappa shape index (κ3) is 4.48. The fraction of sp³-hybridized carbons (Fsp3) is 0.278. The lowest BCUT2D eigenvalue weighted by molar-refractivity contribution is -0.117. The van der Waals surface area contributed by atoms with Crippen LogP contribution in [0.2, 0.25) is 0 Å². The van der Waals surface area contributed by atoms with Crippen LogP contribution in [-0.4, -0.2) is 5.78 Å². The molecule has 0 saturated carbocycles. The number of carbonyl (C=O) groups is 1. The second-order valence-corrected chi connectivity index (χ2v) is 5.25. The van der Waals surface area contributed by atoms with E-state index in [1.807, 2.05) is 0 Å². The summed E-state index contributed by atoms with van der Waals surface area (Å²) in [5, 5.41) is 0. The Balaban J connectivity index is 2.22. The summed E-state index contributed by atoms with van der Waals surface area (Å²) >= 11 is 0. The summed E-state index contributed by atoms with van der Waals surface area (Å²) in [4.78, 5) is 11.1. The fourth-order valence-corrected chi connectivity index (χ4v) is 2.47. The Kier molecular flexibility index (Phi) is 5.20. The number of hydrogen-bond acceptors (Lipinski definition) is 1. The molecular formula is C18H18F2O. The largest absolute Gasteiger partial charge is 0.300 e. The molecule has 21 heavy (non-hydrogen) atoms. The summed E-state index contributed by atoms with van der Waals surface area (Å²) in [7, 11) is 0. The molecule has 110 valence electrons. The Bertz CT molecular complexity index is 542. The van der Waals surface area contributed by atoms with Crippen LogP contribution in [0.25, 0.3) is 0 Å². The Morgan fingerprint density at radius 1 is 0.905 bits per heavy atom. The van der Waals surface area contributed by atoms with E-state index in [-0.39, 0.29) is 23.3 Å². The van der Waals surface area contributed by atoms with Crippen molar-refractivity contribution >= 4 is 5.78 Å². The molecule has 0 amide bonds. The zero-order chi connectivity index (χ0) is 15.2. The molecule has 0 unspecified atom stereocenters. The molecule has 0 spiro atoms. The van der Waals surface area contributed by atoms with E-state index < -0.39 is 0 Å². The Labute approximate surface area is 123 Å². The van der Waals surface area contributed by atoms with Gasteiger partial charge in [-0.25, -0.2) is 8.78 Å². The van der Waals surface area contributed by atoms with Crippen molar-refractivity contribution in [3.8, 4) is 0 Å². The van der Waals surface area contributed by atoms with Crippen LogP contribution in [0.1, 0.15) is 43.2 Å². The van der Waals surface area contributed by atoms with Crippen LogP contribution in [0.3, 0.4) is 0 Å². The minimum absolute atomic E-state index is 0.0468. The molecule has 2 rings (SSSR count). The summed E-state index contributed by atoms with van der Waals surface area (Å²) in [5.41, 5.74) is 1.96. The molecule has 0 bridgehead atoms. The standard InChI is InChI=1S/C18H18F2O/c1-13(21)3-2-4-18(14-5-9-16(19)10-6-14)15-7-11-17(20)12-8-15/h5-12,18H,2-4H2,1H3. The summed E-state index contributed by atoms with van der Waals surface area (Å²) in [6.45, 7) is 1.57. The van der Waals surface area contributed by atoms with Gasteiger partial charge in [0.05, 0.1) is 0 Å². The Hall–Kier alpha value is -2.03. The first-order valence-electron chi connectivity index (χ1n) is 7.06. The highest BCUT2D eigenvalue weighted by molar-refractivity contribution is 5.75. The first kappa shape index (κ1) is 15.4. The lowest BCUT2D eigenvalue weighted by atomic mass is 9.87. The van der Waals surface area contributed by atoms with Gasteiger partial charge in [-0.15, -0.1) is 0 Å². The summed E-state index contributed by atoms with van der Waals surface area (Å²) in [6.07, 6.45) is 2.06. The minimum atomic E-state index is -0.277. The molecule has 3 heteroatoms. The van der Waals surface area contributed by atoms with Crippen LogP contribution in [-0.2, 0) is 4.79 Å². The van der Waals surface area contributed by atoms with Gasteiger partial charge in [-0.2, -0.15) is 0 Å². The molecule has 0 aliphatic heterocycles. The van der Waals surface area contributed by atoms with Crippen molar-refractivity contribution in [2.75, 3.05) is 0 Å². The number of halogens is 2. The number of benzene rings is 2. The van der Waals surface area contributed by atoms with Gasteiger partial charge in [0, 0.05) is 12.3 Å². The van der Waals surface area contributed by atoms with Gasteiger partial charge >= 0.3 is 0 Å². The summed E-state index contributed by atoms with van der Waals surface area (Å²) in [6, 6.07) is 12.7. The second kappa shape index (κ2) is 7.11. The molecule has 0 atom stereocenters. The van der Waals surface area contributed by atoms with Crippen LogP contribution >= 0.6 is 0 Å². The molecule has 0 aliphatic rings. The predicted octanol–water partition coefficient (Wildman–Crippen LogP) is 4.86. The highest BCUT2D eigenvalue weighted by atomic mass is 19.1. The van der Waals surface area contributed by atoms with E-state index in [1.54, 1.807) is 31.2 Å². The fourth-order valence-electron chi connectivity index (χ4n) is 2.47. The van der Waals surface area contributed by atoms with Crippen molar-refractivity contribution in [3.63, 3.8) is 0 Å². The average molecular weight is 288 g/mol. The lowest BCUT2D eigenvalue weighted by Gasteiger charge is -2.18. The maximum Gasteiger partial charge on any atom is 0.129 e. The van der Waals surface area contributed by atoms with Gasteiger partial charge < -0.3 is 4.79 Å². The summed E-state index contributed by atoms with van der Waals surface area (Å²) < 4.78 is 26.1. The monoisotopic (exact) mass is 288 g/mol. The van der Waals surface area contributed by atoms with Gasteiger partial charge in [0.15, 0.2) is 0 Å². The molecule has 2 aromatic rings. The highest BCUT2D eigenvalue weighted by Gasteiger charge is 2.14. The van der Waals surface area contributed by atoms with Crippen molar-refractivity contribution in [3.05, 3.63) is 71.3 Å². The third-order valence-electron chi connectivity index (χ3n) is 3.57. The topological polar surface area (TPSA) is 17.1 Å². The summed E-state index contributed by atoms with van der Waals surface area (Å²) in [5.74, 6) is -0.349. The van der Waals surface area contributed by atoms with E-state index in [9.17, 15) is 13.6 Å². The molecular weight excluding hydrogens is 270 g/mol. The van der Waals surface area contributed by atoms with Gasteiger partial charge in [0.25, 0.3) is 0 Å². The molecule has 0 fully saturated rings. The Morgan fingerprint density at radius 3 is 1.71 bits per heavy atom. The highest BCUT2D eigenvalue weighted by Crippen LogP contribution is 2.30. The number of carbonyl (C=O) groups excluding carboxylic acids is 1. The van der Waals surface area contributed by atoms with Crippen LogP contribution < -0.4 is 0 Å². The van der Waals surface area contributed by atoms with E-state index in [0.29, 0.717) is 6.42 Å². The number of rotatable bonds is 6. The second-order valence-electron chi connectivity index (χ2n) is 5.25. The molecule has 2 aromatic carbocycles. The number of hydrogen-bond donors (Lipinski definition) is 0. The van der Waals surface area contributed by atoms with Gasteiger partial charge in [0.2, 0.25) is 0 Å². The van der Waals surface area contributed by atoms with Crippen LogP contribution in [0.15, 0.2) is 48.5 Å². The van der Waals surface area contributed by atoms with Crippen LogP contribution in [0, 0.1) is 11.6 Å². The zero-order valence-corrected chi connectivity index (χ0v) is 12.0. The van der Waals surface area contributed by atoms with Gasteiger partial charge in [-0.1, -0.05) is 24.3 Å². The van der Waals surface area contributed by atoms with Gasteiger partial charge in [-0.05, 0) is 55.2 Å². The van der Waals surface area contributed by atoms with E-state index in [0.717, 1.165) is 24.0 Å². The van der Waals surface area contributed by atoms with Crippen molar-refractivity contribution in [2.24, 2.45) is 0 Å². The van der Waals surface area contributed by atoms with Crippen molar-refractivity contribution < 1.29 is 13.6 Å². The van der Waals surface area contributed by atoms with E-state index >= 15 is 0 Å². The van der Waals surface area contributed by atoms with Gasteiger partial charge in [0.1, 0.15) is 17.4 Å². The maximum atomic E-state index is 13.1. The van der Waals surface area contributed by atoms with E-state index in [4.69, 9.17) is 0 Å². The predicted molar refractivity (Wildman–Crippen MR) is 79.2 cm³/mol.